The number of ether oxygens (including phenoxy) is 1. The number of nitrogens with one attached hydrogen (secondary N) is 1. The maximum atomic E-state index is 12.6. The van der Waals surface area contributed by atoms with Crippen LogP contribution in [-0.4, -0.2) is 44.3 Å². The molecule has 1 saturated heterocycles. The Kier molecular flexibility index (Phi) is 6.31. The number of halogens is 4. The number of alkyl halides is 3. The Hall–Kier alpha value is -1.03. The highest BCUT2D eigenvalue weighted by atomic mass is 35.5. The lowest BCUT2D eigenvalue weighted by atomic mass is 10.1. The highest BCUT2D eigenvalue weighted by molar-refractivity contribution is 7.89. The molecule has 0 bridgehead atoms. The lowest BCUT2D eigenvalue weighted by molar-refractivity contribution is -0.274. The molecule has 0 amide bonds. The fourth-order valence-corrected chi connectivity index (χ4v) is 4.07. The number of hydrogen-bond donors (Lipinski definition) is 1. The molecule has 1 fully saturated rings. The molecular formula is C13H18ClF3N2O3S. The largest absolute Gasteiger partial charge is 0.573 e. The molecule has 1 heterocycles. The minimum Gasteiger partial charge on any atom is -0.406 e. The molecule has 10 heteroatoms. The van der Waals surface area contributed by atoms with Gasteiger partial charge >= 0.3 is 6.36 Å². The van der Waals surface area contributed by atoms with E-state index in [-0.39, 0.29) is 35.9 Å². The van der Waals surface area contributed by atoms with Gasteiger partial charge in [-0.25, -0.2) is 8.42 Å². The van der Waals surface area contributed by atoms with Crippen LogP contribution in [0.5, 0.6) is 5.75 Å². The van der Waals surface area contributed by atoms with Crippen molar-refractivity contribution in [2.45, 2.75) is 37.2 Å². The van der Waals surface area contributed by atoms with Crippen molar-refractivity contribution in [3.8, 4) is 5.75 Å². The van der Waals surface area contributed by atoms with Crippen molar-refractivity contribution < 1.29 is 26.3 Å². The van der Waals surface area contributed by atoms with E-state index in [4.69, 9.17) is 0 Å². The SMILES string of the molecule is CC1NCCN(S(=O)(=O)c2cccc(OC(F)(F)F)c2)C1C.Cl. The van der Waals surface area contributed by atoms with Crippen molar-refractivity contribution in [3.63, 3.8) is 0 Å². The molecule has 1 aromatic rings. The fourth-order valence-electron chi connectivity index (χ4n) is 2.33. The summed E-state index contributed by atoms with van der Waals surface area (Å²) in [5.74, 6) is -0.551. The van der Waals surface area contributed by atoms with E-state index in [0.29, 0.717) is 6.54 Å². The van der Waals surface area contributed by atoms with Gasteiger partial charge in [0.05, 0.1) is 4.90 Å². The van der Waals surface area contributed by atoms with E-state index in [2.05, 4.69) is 10.1 Å². The molecule has 0 saturated carbocycles. The van der Waals surface area contributed by atoms with E-state index < -0.39 is 22.1 Å². The lowest BCUT2D eigenvalue weighted by Gasteiger charge is -2.37. The van der Waals surface area contributed by atoms with Crippen LogP contribution in [-0.2, 0) is 10.0 Å². The van der Waals surface area contributed by atoms with Crippen LogP contribution in [0.4, 0.5) is 13.2 Å². The number of sulfonamides is 1. The van der Waals surface area contributed by atoms with Crippen LogP contribution >= 0.6 is 12.4 Å². The number of rotatable bonds is 3. The molecular weight excluding hydrogens is 357 g/mol. The zero-order chi connectivity index (χ0) is 16.5. The van der Waals surface area contributed by atoms with Gasteiger partial charge in [0.15, 0.2) is 0 Å². The van der Waals surface area contributed by atoms with Crippen molar-refractivity contribution in [1.29, 1.82) is 0 Å². The molecule has 23 heavy (non-hydrogen) atoms. The molecule has 0 aromatic heterocycles. The summed E-state index contributed by atoms with van der Waals surface area (Å²) in [6, 6.07) is 4.10. The van der Waals surface area contributed by atoms with Gasteiger partial charge in [-0.3, -0.25) is 0 Å². The van der Waals surface area contributed by atoms with Gasteiger partial charge in [-0.1, -0.05) is 6.07 Å². The van der Waals surface area contributed by atoms with Crippen molar-refractivity contribution >= 4 is 22.4 Å². The third-order valence-corrected chi connectivity index (χ3v) is 5.60. The number of hydrogen-bond acceptors (Lipinski definition) is 4. The first-order chi connectivity index (χ1) is 10.1. The zero-order valence-corrected chi connectivity index (χ0v) is 14.1. The highest BCUT2D eigenvalue weighted by Crippen LogP contribution is 2.27. The summed E-state index contributed by atoms with van der Waals surface area (Å²) < 4.78 is 67.1. The van der Waals surface area contributed by atoms with Crippen molar-refractivity contribution in [2.75, 3.05) is 13.1 Å². The minimum absolute atomic E-state index is 0. The van der Waals surface area contributed by atoms with Gasteiger partial charge in [-0.05, 0) is 26.0 Å². The molecule has 2 atom stereocenters. The topological polar surface area (TPSA) is 58.6 Å². The van der Waals surface area contributed by atoms with Gasteiger partial charge < -0.3 is 10.1 Å². The predicted octanol–water partition coefficient (Wildman–Crippen LogP) is 2.38. The van der Waals surface area contributed by atoms with Crippen molar-refractivity contribution in [2.24, 2.45) is 0 Å². The molecule has 1 N–H and O–H groups in total. The molecule has 1 aliphatic heterocycles. The van der Waals surface area contributed by atoms with Crippen molar-refractivity contribution in [3.05, 3.63) is 24.3 Å². The summed E-state index contributed by atoms with van der Waals surface area (Å²) in [6.45, 7) is 4.36. The second-order valence-electron chi connectivity index (χ2n) is 5.12. The van der Waals surface area contributed by atoms with Crippen LogP contribution in [0.2, 0.25) is 0 Å². The maximum absolute atomic E-state index is 12.6. The van der Waals surface area contributed by atoms with Gasteiger partial charge in [-0.2, -0.15) is 4.31 Å². The standard InChI is InChI=1S/C13H17F3N2O3S.ClH/c1-9-10(2)18(7-6-17-9)22(19,20)12-5-3-4-11(8-12)21-13(14,15)16;/h3-5,8-10,17H,6-7H2,1-2H3;1H. The monoisotopic (exact) mass is 374 g/mol. The van der Waals surface area contributed by atoms with Gasteiger partial charge in [0.25, 0.3) is 0 Å². The summed E-state index contributed by atoms with van der Waals surface area (Å²) in [7, 11) is -3.88. The normalized spacial score (nSPS) is 23.2. The molecule has 0 radical (unpaired) electrons. The van der Waals surface area contributed by atoms with Crippen LogP contribution in [0.3, 0.4) is 0 Å². The van der Waals surface area contributed by atoms with E-state index >= 15 is 0 Å². The summed E-state index contributed by atoms with van der Waals surface area (Å²) in [5, 5.41) is 3.15. The molecule has 5 nitrogen and oxygen atoms in total. The zero-order valence-electron chi connectivity index (χ0n) is 12.5. The molecule has 132 valence electrons. The number of piperazine rings is 1. The summed E-state index contributed by atoms with van der Waals surface area (Å²) in [4.78, 5) is -0.213. The first-order valence-corrected chi connectivity index (χ1v) is 8.16. The second-order valence-corrected chi connectivity index (χ2v) is 7.01. The summed E-state index contributed by atoms with van der Waals surface area (Å²) in [6.07, 6.45) is -4.86. The van der Waals surface area contributed by atoms with E-state index in [1.54, 1.807) is 6.92 Å². The van der Waals surface area contributed by atoms with Crippen LogP contribution < -0.4 is 10.1 Å². The Bertz CT molecular complexity index is 640. The summed E-state index contributed by atoms with van der Waals surface area (Å²) in [5.41, 5.74) is 0. The van der Waals surface area contributed by atoms with E-state index in [1.807, 2.05) is 6.92 Å². The Morgan fingerprint density at radius 1 is 1.30 bits per heavy atom. The van der Waals surface area contributed by atoms with Gasteiger partial charge in [0, 0.05) is 31.2 Å². The van der Waals surface area contributed by atoms with Crippen molar-refractivity contribution in [1.82, 2.24) is 9.62 Å². The lowest BCUT2D eigenvalue weighted by Crippen LogP contribution is -2.57. The first-order valence-electron chi connectivity index (χ1n) is 6.72. The first kappa shape index (κ1) is 20.0. The Morgan fingerprint density at radius 2 is 1.96 bits per heavy atom. The van der Waals surface area contributed by atoms with Crippen LogP contribution in [0.25, 0.3) is 0 Å². The average molecular weight is 375 g/mol. The average Bonchev–Trinajstić information content (AvgIpc) is 2.40. The predicted molar refractivity (Wildman–Crippen MR) is 81.2 cm³/mol. The van der Waals surface area contributed by atoms with E-state index in [9.17, 15) is 21.6 Å². The van der Waals surface area contributed by atoms with Crippen LogP contribution in [0.15, 0.2) is 29.2 Å². The Morgan fingerprint density at radius 3 is 2.57 bits per heavy atom. The van der Waals surface area contributed by atoms with Crippen LogP contribution in [0, 0.1) is 0 Å². The number of nitrogens with zero attached hydrogens (tertiary/aromatic N) is 1. The maximum Gasteiger partial charge on any atom is 0.573 e. The quantitative estimate of drug-likeness (QED) is 0.882. The second kappa shape index (κ2) is 7.25. The third kappa shape index (κ3) is 4.72. The number of benzene rings is 1. The van der Waals surface area contributed by atoms with Gasteiger partial charge in [0.2, 0.25) is 10.0 Å². The Labute approximate surface area is 139 Å². The minimum atomic E-state index is -4.86. The molecule has 2 unspecified atom stereocenters. The van der Waals surface area contributed by atoms with E-state index in [1.165, 1.54) is 16.4 Å². The molecule has 0 spiro atoms. The third-order valence-electron chi connectivity index (χ3n) is 3.62. The molecule has 2 rings (SSSR count). The molecule has 1 aliphatic rings. The van der Waals surface area contributed by atoms with E-state index in [0.717, 1.165) is 12.1 Å². The Balaban J connectivity index is 0.00000264. The summed E-state index contributed by atoms with van der Waals surface area (Å²) >= 11 is 0. The smallest absolute Gasteiger partial charge is 0.406 e. The molecule has 0 aliphatic carbocycles. The molecule has 1 aromatic carbocycles. The fraction of sp³-hybridized carbons (Fsp3) is 0.538. The highest BCUT2D eigenvalue weighted by Gasteiger charge is 2.35. The van der Waals surface area contributed by atoms with Gasteiger partial charge in [-0.15, -0.1) is 25.6 Å². The van der Waals surface area contributed by atoms with Crippen LogP contribution in [0.1, 0.15) is 13.8 Å². The van der Waals surface area contributed by atoms with Gasteiger partial charge in [0.1, 0.15) is 5.75 Å².